The molecule has 0 unspecified atom stereocenters. The van der Waals surface area contributed by atoms with E-state index in [1.165, 1.54) is 7.11 Å². The highest BCUT2D eigenvalue weighted by Gasteiger charge is 2.24. The summed E-state index contributed by atoms with van der Waals surface area (Å²) in [6, 6.07) is 12.6. The average Bonchev–Trinajstić information content (AvgIpc) is 3.09. The number of fused-ring (bicyclic) bond motifs is 3. The van der Waals surface area contributed by atoms with Gasteiger partial charge in [-0.15, -0.1) is 0 Å². The molecule has 1 aliphatic heterocycles. The maximum absolute atomic E-state index is 12.7. The van der Waals surface area contributed by atoms with Crippen LogP contribution in [0.3, 0.4) is 0 Å². The smallest absolute Gasteiger partial charge is 0.337 e. The van der Waals surface area contributed by atoms with Gasteiger partial charge in [0.05, 0.1) is 12.7 Å². The molecule has 3 aromatic rings. The molecule has 144 valence electrons. The number of aromatic nitrogens is 1. The summed E-state index contributed by atoms with van der Waals surface area (Å²) in [4.78, 5) is 29.8. The summed E-state index contributed by atoms with van der Waals surface area (Å²) in [5.74, 6) is -0.0844. The molecule has 2 N–H and O–H groups in total. The fourth-order valence-electron chi connectivity index (χ4n) is 3.79. The number of aryl methyl sites for hydroxylation is 1. The number of nitrogens with zero attached hydrogens (tertiary/aromatic N) is 1. The molecule has 0 bridgehead atoms. The van der Waals surface area contributed by atoms with Crippen LogP contribution in [-0.2, 0) is 28.9 Å². The topological polar surface area (TPSA) is 82.6 Å². The van der Waals surface area contributed by atoms with Crippen LogP contribution in [0.5, 0.6) is 5.75 Å². The fourth-order valence-corrected chi connectivity index (χ4v) is 3.79. The highest BCUT2D eigenvalue weighted by molar-refractivity contribution is 5.96. The van der Waals surface area contributed by atoms with E-state index in [2.05, 4.69) is 4.98 Å². The zero-order chi connectivity index (χ0) is 19.7. The normalized spacial score (nSPS) is 13.4. The van der Waals surface area contributed by atoms with Gasteiger partial charge in [-0.3, -0.25) is 4.79 Å². The molecule has 0 saturated heterocycles. The van der Waals surface area contributed by atoms with Gasteiger partial charge in [0.1, 0.15) is 5.75 Å². The van der Waals surface area contributed by atoms with Crippen molar-refractivity contribution in [3.63, 3.8) is 0 Å². The molecule has 1 amide bonds. The Labute approximate surface area is 162 Å². The summed E-state index contributed by atoms with van der Waals surface area (Å²) >= 11 is 0. The minimum atomic E-state index is -0.372. The number of esters is 1. The van der Waals surface area contributed by atoms with Gasteiger partial charge >= 0.3 is 5.97 Å². The fraction of sp³-hybridized carbons (Fsp3) is 0.273. The highest BCUT2D eigenvalue weighted by Crippen LogP contribution is 2.29. The molecule has 0 spiro atoms. The molecular weight excluding hydrogens is 356 g/mol. The zero-order valence-corrected chi connectivity index (χ0v) is 15.7. The highest BCUT2D eigenvalue weighted by atomic mass is 16.5. The first-order chi connectivity index (χ1) is 13.6. The lowest BCUT2D eigenvalue weighted by molar-refractivity contribution is -0.132. The van der Waals surface area contributed by atoms with E-state index in [1.807, 2.05) is 29.2 Å². The number of hydrogen-bond donors (Lipinski definition) is 2. The summed E-state index contributed by atoms with van der Waals surface area (Å²) in [7, 11) is 1.37. The van der Waals surface area contributed by atoms with Gasteiger partial charge < -0.3 is 19.7 Å². The summed E-state index contributed by atoms with van der Waals surface area (Å²) < 4.78 is 4.81. The molecule has 6 nitrogen and oxygen atoms in total. The third kappa shape index (κ3) is 3.33. The Hall–Kier alpha value is -3.28. The summed E-state index contributed by atoms with van der Waals surface area (Å²) in [5, 5.41) is 10.8. The number of nitrogens with one attached hydrogen (secondary N) is 1. The van der Waals surface area contributed by atoms with Gasteiger partial charge in [-0.25, -0.2) is 4.79 Å². The van der Waals surface area contributed by atoms with Crippen LogP contribution in [-0.4, -0.2) is 40.5 Å². The number of amides is 1. The number of methoxy groups -OCH3 is 1. The summed E-state index contributed by atoms with van der Waals surface area (Å²) in [6.07, 6.45) is 1.61. The van der Waals surface area contributed by atoms with Gasteiger partial charge in [-0.05, 0) is 36.2 Å². The molecule has 2 heterocycles. The van der Waals surface area contributed by atoms with Crippen LogP contribution in [0.25, 0.3) is 10.9 Å². The van der Waals surface area contributed by atoms with Crippen LogP contribution in [0.4, 0.5) is 0 Å². The van der Waals surface area contributed by atoms with Crippen molar-refractivity contribution < 1.29 is 19.4 Å². The van der Waals surface area contributed by atoms with E-state index in [9.17, 15) is 14.7 Å². The third-order valence-corrected chi connectivity index (χ3v) is 5.35. The molecule has 28 heavy (non-hydrogen) atoms. The first-order valence-electron chi connectivity index (χ1n) is 9.33. The van der Waals surface area contributed by atoms with Gasteiger partial charge in [0.15, 0.2) is 0 Å². The molecular formula is C22H22N2O4. The number of phenolic OH excluding ortho intramolecular Hbond substituents is 1. The molecule has 4 rings (SSSR count). The second-order valence-corrected chi connectivity index (χ2v) is 7.03. The van der Waals surface area contributed by atoms with Crippen LogP contribution >= 0.6 is 0 Å². The Morgan fingerprint density at radius 2 is 2.04 bits per heavy atom. The minimum Gasteiger partial charge on any atom is -0.508 e. The molecule has 6 heteroatoms. The number of aromatic amines is 1. The zero-order valence-electron chi connectivity index (χ0n) is 15.7. The van der Waals surface area contributed by atoms with Crippen molar-refractivity contribution in [1.29, 1.82) is 0 Å². The minimum absolute atomic E-state index is 0.0624. The monoisotopic (exact) mass is 378 g/mol. The number of benzene rings is 2. The van der Waals surface area contributed by atoms with E-state index >= 15 is 0 Å². The van der Waals surface area contributed by atoms with Crippen molar-refractivity contribution in [3.8, 4) is 5.75 Å². The number of H-pyrrole nitrogens is 1. The van der Waals surface area contributed by atoms with Crippen molar-refractivity contribution in [1.82, 2.24) is 9.88 Å². The first-order valence-corrected chi connectivity index (χ1v) is 9.33. The van der Waals surface area contributed by atoms with E-state index in [-0.39, 0.29) is 17.6 Å². The number of carbonyl (C=O) groups is 2. The van der Waals surface area contributed by atoms with Crippen molar-refractivity contribution in [3.05, 3.63) is 64.8 Å². The summed E-state index contributed by atoms with van der Waals surface area (Å²) in [5.41, 5.74) is 4.41. The number of rotatable bonds is 4. The van der Waals surface area contributed by atoms with Gasteiger partial charge in [-0.1, -0.05) is 18.2 Å². The lowest BCUT2D eigenvalue weighted by atomic mass is 10.0. The third-order valence-electron chi connectivity index (χ3n) is 5.35. The predicted octanol–water partition coefficient (Wildman–Crippen LogP) is 3.18. The standard InChI is InChI=1S/C22H22N2O4/c1-28-22(27)15-6-8-18-16(12-15)17-13-24(11-10-19(17)23-18)21(26)9-7-14-4-2-3-5-20(14)25/h2-6,8,12,23,25H,7,9-11,13H2,1H3. The molecule has 0 saturated carbocycles. The maximum Gasteiger partial charge on any atom is 0.337 e. The van der Waals surface area contributed by atoms with Crippen LogP contribution in [0, 0.1) is 0 Å². The molecule has 2 aromatic carbocycles. The van der Waals surface area contributed by atoms with E-state index in [4.69, 9.17) is 4.74 Å². The molecule has 0 fully saturated rings. The van der Waals surface area contributed by atoms with Gasteiger partial charge in [0.2, 0.25) is 5.91 Å². The largest absolute Gasteiger partial charge is 0.508 e. The van der Waals surface area contributed by atoms with Crippen molar-refractivity contribution in [2.45, 2.75) is 25.8 Å². The first kappa shape index (κ1) is 18.1. The number of aromatic hydroxyl groups is 1. The Morgan fingerprint density at radius 3 is 2.82 bits per heavy atom. The molecule has 1 aromatic heterocycles. The second kappa shape index (κ2) is 7.38. The average molecular weight is 378 g/mol. The van der Waals surface area contributed by atoms with Crippen molar-refractivity contribution >= 4 is 22.8 Å². The van der Waals surface area contributed by atoms with E-state index in [0.717, 1.165) is 34.1 Å². The molecule has 0 aliphatic carbocycles. The van der Waals surface area contributed by atoms with Crippen LogP contribution in [0.1, 0.15) is 33.6 Å². The predicted molar refractivity (Wildman–Crippen MR) is 105 cm³/mol. The van der Waals surface area contributed by atoms with Crippen LogP contribution in [0.2, 0.25) is 0 Å². The Kier molecular flexibility index (Phi) is 4.77. The number of phenols is 1. The number of para-hydroxylation sites is 1. The molecule has 0 radical (unpaired) electrons. The Bertz CT molecular complexity index is 1050. The maximum atomic E-state index is 12.7. The quantitative estimate of drug-likeness (QED) is 0.683. The van der Waals surface area contributed by atoms with Crippen molar-refractivity contribution in [2.24, 2.45) is 0 Å². The lowest BCUT2D eigenvalue weighted by Crippen LogP contribution is -2.35. The van der Waals surface area contributed by atoms with Gasteiger partial charge in [0, 0.05) is 48.1 Å². The summed E-state index contributed by atoms with van der Waals surface area (Å²) in [6.45, 7) is 1.17. The number of carbonyl (C=O) groups excluding carboxylic acids is 2. The molecule has 1 aliphatic rings. The lowest BCUT2D eigenvalue weighted by Gasteiger charge is -2.27. The number of ether oxygens (including phenoxy) is 1. The van der Waals surface area contributed by atoms with Crippen molar-refractivity contribution in [2.75, 3.05) is 13.7 Å². The van der Waals surface area contributed by atoms with E-state index in [1.54, 1.807) is 18.2 Å². The second-order valence-electron chi connectivity index (χ2n) is 7.03. The number of hydrogen-bond acceptors (Lipinski definition) is 4. The van der Waals surface area contributed by atoms with Crippen LogP contribution in [0.15, 0.2) is 42.5 Å². The van der Waals surface area contributed by atoms with E-state index in [0.29, 0.717) is 31.5 Å². The molecule has 0 atom stereocenters. The van der Waals surface area contributed by atoms with Gasteiger partial charge in [-0.2, -0.15) is 0 Å². The van der Waals surface area contributed by atoms with Gasteiger partial charge in [0.25, 0.3) is 0 Å². The Balaban J connectivity index is 1.52. The van der Waals surface area contributed by atoms with E-state index < -0.39 is 0 Å². The SMILES string of the molecule is COC(=O)c1ccc2[nH]c3c(c2c1)CN(C(=O)CCc1ccccc1O)CC3. The van der Waals surface area contributed by atoms with Crippen LogP contribution < -0.4 is 0 Å². The Morgan fingerprint density at radius 1 is 1.21 bits per heavy atom.